The van der Waals surface area contributed by atoms with Gasteiger partial charge in [0.25, 0.3) is 5.56 Å². The molecule has 5 nitrogen and oxygen atoms in total. The number of rotatable bonds is 2. The number of pyridine rings is 1. The molecule has 0 amide bonds. The minimum atomic E-state index is -4.43. The molecule has 0 bridgehead atoms. The highest BCUT2D eigenvalue weighted by molar-refractivity contribution is 6.03. The summed E-state index contributed by atoms with van der Waals surface area (Å²) in [6, 6.07) is 5.28. The maximum atomic E-state index is 12.5. The van der Waals surface area contributed by atoms with Crippen LogP contribution in [-0.2, 0) is 6.18 Å². The minimum absolute atomic E-state index is 0.0775. The van der Waals surface area contributed by atoms with Crippen LogP contribution >= 0.6 is 0 Å². The number of benzene rings is 1. The van der Waals surface area contributed by atoms with Gasteiger partial charge in [0, 0.05) is 6.07 Å². The van der Waals surface area contributed by atoms with Crippen molar-refractivity contribution in [2.24, 2.45) is 4.99 Å². The highest BCUT2D eigenvalue weighted by atomic mass is 19.4. The van der Waals surface area contributed by atoms with E-state index in [1.807, 2.05) is 0 Å². The Morgan fingerprint density at radius 2 is 1.78 bits per heavy atom. The lowest BCUT2D eigenvalue weighted by atomic mass is 10.1. The molecule has 1 heterocycles. The Balaban J connectivity index is 2.45. The number of hydrogen-bond donors (Lipinski definition) is 2. The fraction of sp³-hybridized carbons (Fsp3) is 0.200. The van der Waals surface area contributed by atoms with Crippen LogP contribution in [0.25, 0.3) is 0 Å². The summed E-state index contributed by atoms with van der Waals surface area (Å²) in [4.78, 5) is 15.4. The van der Waals surface area contributed by atoms with Crippen LogP contribution in [0.1, 0.15) is 23.6 Å². The van der Waals surface area contributed by atoms with Gasteiger partial charge in [-0.25, -0.2) is 0 Å². The van der Waals surface area contributed by atoms with Gasteiger partial charge in [-0.05, 0) is 43.7 Å². The van der Waals surface area contributed by atoms with Gasteiger partial charge in [-0.1, -0.05) is 0 Å². The van der Waals surface area contributed by atoms with Crippen LogP contribution < -0.4 is 5.56 Å². The predicted molar refractivity (Wildman–Crippen MR) is 77.6 cm³/mol. The number of hydrogen-bond acceptors (Lipinski definition) is 4. The lowest BCUT2D eigenvalue weighted by molar-refractivity contribution is -0.137. The summed E-state index contributed by atoms with van der Waals surface area (Å²) in [5.41, 5.74) is -0.603. The van der Waals surface area contributed by atoms with Gasteiger partial charge in [0.2, 0.25) is 5.88 Å². The van der Waals surface area contributed by atoms with Crippen molar-refractivity contribution in [1.82, 2.24) is 4.73 Å². The van der Waals surface area contributed by atoms with Gasteiger partial charge in [-0.15, -0.1) is 4.73 Å². The Bertz CT molecular complexity index is 822. The average Bonchev–Trinajstić information content (AvgIpc) is 2.44. The lowest BCUT2D eigenvalue weighted by Gasteiger charge is -2.10. The first kappa shape index (κ1) is 16.6. The highest BCUT2D eigenvalue weighted by Gasteiger charge is 2.29. The molecule has 0 atom stereocenters. The second-order valence-electron chi connectivity index (χ2n) is 4.92. The molecule has 0 unspecified atom stereocenters. The summed E-state index contributed by atoms with van der Waals surface area (Å²) >= 11 is 0. The van der Waals surface area contributed by atoms with Crippen LogP contribution in [0.15, 0.2) is 40.1 Å². The smallest absolute Gasteiger partial charge is 0.416 e. The molecule has 1 aromatic heterocycles. The van der Waals surface area contributed by atoms with E-state index < -0.39 is 23.2 Å². The summed E-state index contributed by atoms with van der Waals surface area (Å²) in [6.07, 6.45) is -4.43. The maximum absolute atomic E-state index is 12.5. The minimum Gasteiger partial charge on any atom is -0.492 e. The average molecular weight is 326 g/mol. The van der Waals surface area contributed by atoms with E-state index in [2.05, 4.69) is 4.99 Å². The molecule has 0 aliphatic rings. The Hall–Kier alpha value is -2.77. The zero-order valence-electron chi connectivity index (χ0n) is 12.2. The van der Waals surface area contributed by atoms with Crippen molar-refractivity contribution >= 4 is 11.4 Å². The Morgan fingerprint density at radius 1 is 1.22 bits per heavy atom. The van der Waals surface area contributed by atoms with E-state index in [4.69, 9.17) is 0 Å². The number of halogens is 3. The van der Waals surface area contributed by atoms with Crippen molar-refractivity contribution in [3.8, 4) is 5.88 Å². The molecule has 2 aromatic rings. The molecule has 0 fully saturated rings. The molecule has 0 aliphatic heterocycles. The number of aryl methyl sites for hydroxylation is 1. The van der Waals surface area contributed by atoms with Gasteiger partial charge in [-0.3, -0.25) is 9.79 Å². The van der Waals surface area contributed by atoms with Crippen molar-refractivity contribution in [2.75, 3.05) is 0 Å². The summed E-state index contributed by atoms with van der Waals surface area (Å²) < 4.78 is 37.6. The maximum Gasteiger partial charge on any atom is 0.416 e. The first-order valence-electron chi connectivity index (χ1n) is 6.49. The van der Waals surface area contributed by atoms with E-state index >= 15 is 0 Å². The van der Waals surface area contributed by atoms with E-state index in [0.717, 1.165) is 18.2 Å². The number of aliphatic imine (C=N–C) groups is 1. The molecule has 2 N–H and O–H groups in total. The number of aromatic nitrogens is 1. The lowest BCUT2D eigenvalue weighted by Crippen LogP contribution is -2.20. The van der Waals surface area contributed by atoms with Crippen molar-refractivity contribution in [2.45, 2.75) is 20.0 Å². The molecule has 122 valence electrons. The number of aromatic hydroxyl groups is 1. The van der Waals surface area contributed by atoms with E-state index in [0.29, 0.717) is 5.56 Å². The zero-order chi connectivity index (χ0) is 17.4. The van der Waals surface area contributed by atoms with E-state index in [-0.39, 0.29) is 21.7 Å². The van der Waals surface area contributed by atoms with Gasteiger partial charge in [0.05, 0.1) is 22.5 Å². The van der Waals surface area contributed by atoms with Crippen molar-refractivity contribution < 1.29 is 23.5 Å². The van der Waals surface area contributed by atoms with Gasteiger partial charge >= 0.3 is 6.18 Å². The Kier molecular flexibility index (Phi) is 4.18. The van der Waals surface area contributed by atoms with Crippen molar-refractivity contribution in [1.29, 1.82) is 0 Å². The normalized spacial score (nSPS) is 12.5. The fourth-order valence-electron chi connectivity index (χ4n) is 2.13. The largest absolute Gasteiger partial charge is 0.492 e. The fourth-order valence-corrected chi connectivity index (χ4v) is 2.13. The van der Waals surface area contributed by atoms with Crippen molar-refractivity contribution in [3.63, 3.8) is 0 Å². The van der Waals surface area contributed by atoms with Crippen LogP contribution in [-0.4, -0.2) is 20.8 Å². The number of alkyl halides is 3. The zero-order valence-corrected chi connectivity index (χ0v) is 12.2. The second kappa shape index (κ2) is 5.79. The summed E-state index contributed by atoms with van der Waals surface area (Å²) in [6.45, 7) is 3.05. The molecule has 0 saturated carbocycles. The van der Waals surface area contributed by atoms with E-state index in [9.17, 15) is 28.3 Å². The molecule has 1 aromatic carbocycles. The topological polar surface area (TPSA) is 74.8 Å². The highest BCUT2D eigenvalue weighted by Crippen LogP contribution is 2.30. The first-order chi connectivity index (χ1) is 10.6. The molecule has 8 heteroatoms. The predicted octanol–water partition coefficient (Wildman–Crippen LogP) is 3.26. The molecule has 0 saturated heterocycles. The SMILES string of the molecule is C/C(=N\c1ccc(C(F)(F)F)cc1)c1c(C)cc(=O)n(O)c1O. The monoisotopic (exact) mass is 326 g/mol. The van der Waals surface area contributed by atoms with Crippen LogP contribution in [0.4, 0.5) is 18.9 Å². The second-order valence-corrected chi connectivity index (χ2v) is 4.92. The number of nitrogens with zero attached hydrogens (tertiary/aromatic N) is 2. The quantitative estimate of drug-likeness (QED) is 0.657. The third-order valence-corrected chi connectivity index (χ3v) is 3.22. The molecular formula is C15H13F3N2O3. The van der Waals surface area contributed by atoms with Gasteiger partial charge < -0.3 is 10.3 Å². The molecule has 0 aliphatic carbocycles. The molecular weight excluding hydrogens is 313 g/mol. The molecule has 2 rings (SSSR count). The molecule has 0 radical (unpaired) electrons. The Morgan fingerprint density at radius 3 is 2.30 bits per heavy atom. The third kappa shape index (κ3) is 3.36. The van der Waals surface area contributed by atoms with Gasteiger partial charge in [0.1, 0.15) is 0 Å². The third-order valence-electron chi connectivity index (χ3n) is 3.22. The summed E-state index contributed by atoms with van der Waals surface area (Å²) in [5, 5.41) is 19.3. The summed E-state index contributed by atoms with van der Waals surface area (Å²) in [5.74, 6) is -0.678. The molecule has 23 heavy (non-hydrogen) atoms. The van der Waals surface area contributed by atoms with Crippen molar-refractivity contribution in [3.05, 3.63) is 57.4 Å². The van der Waals surface area contributed by atoms with E-state index in [1.54, 1.807) is 6.92 Å². The molecule has 0 spiro atoms. The standard InChI is InChI=1S/C15H13F3N2O3/c1-8-7-12(21)20(23)14(22)13(8)9(2)19-11-5-3-10(4-6-11)15(16,17)18/h3-7,22-23H,1-2H3/b19-9+. The van der Waals surface area contributed by atoms with Crippen LogP contribution in [0.3, 0.4) is 0 Å². The summed E-state index contributed by atoms with van der Waals surface area (Å²) in [7, 11) is 0. The Labute approximate surface area is 128 Å². The van der Waals surface area contributed by atoms with Crippen LogP contribution in [0.2, 0.25) is 0 Å². The van der Waals surface area contributed by atoms with Gasteiger partial charge in [-0.2, -0.15) is 13.2 Å². The van der Waals surface area contributed by atoms with Gasteiger partial charge in [0.15, 0.2) is 0 Å². The van der Waals surface area contributed by atoms with E-state index in [1.165, 1.54) is 19.1 Å². The first-order valence-corrected chi connectivity index (χ1v) is 6.49. The van der Waals surface area contributed by atoms with Crippen LogP contribution in [0, 0.1) is 6.92 Å². The van der Waals surface area contributed by atoms with Crippen LogP contribution in [0.5, 0.6) is 5.88 Å².